The van der Waals surface area contributed by atoms with Crippen LogP contribution in [0.5, 0.6) is 0 Å². The molecule has 136 valence electrons. The Morgan fingerprint density at radius 2 is 1.69 bits per heavy atom. The minimum absolute atomic E-state index is 0.0917. The van der Waals surface area contributed by atoms with E-state index < -0.39 is 22.2 Å². The third-order valence-electron chi connectivity index (χ3n) is 4.07. The third kappa shape index (κ3) is 3.31. The number of Topliss-reactive ketones (excluding diaryl/α,β-unsaturated/α-hetero) is 1. The highest BCUT2D eigenvalue weighted by atomic mass is 35.5. The summed E-state index contributed by atoms with van der Waals surface area (Å²) in [6, 6.07) is 9.07. The number of rotatable bonds is 3. The Balaban J connectivity index is 2.21. The standard InChI is InChI=1S/C19H15Cl2FO3S/c1-19(2)18(23)16(10-4-6-12(20)13(21)8-10)17(25-19)11-5-7-15(26(3)24)14(22)9-11/h4-9H,1-3H3. The zero-order chi connectivity index (χ0) is 19.2. The van der Waals surface area contributed by atoms with Crippen molar-refractivity contribution in [1.29, 1.82) is 0 Å². The van der Waals surface area contributed by atoms with Gasteiger partial charge in [0.25, 0.3) is 0 Å². The Bertz CT molecular complexity index is 983. The Morgan fingerprint density at radius 1 is 1.04 bits per heavy atom. The summed E-state index contributed by atoms with van der Waals surface area (Å²) in [5, 5.41) is 0.667. The molecule has 0 radical (unpaired) electrons. The molecule has 0 bridgehead atoms. The predicted molar refractivity (Wildman–Crippen MR) is 102 cm³/mol. The van der Waals surface area contributed by atoms with Gasteiger partial charge in [-0.1, -0.05) is 29.3 Å². The van der Waals surface area contributed by atoms with Gasteiger partial charge < -0.3 is 4.74 Å². The van der Waals surface area contributed by atoms with E-state index in [2.05, 4.69) is 0 Å². The molecular weight excluding hydrogens is 398 g/mol. The molecule has 0 saturated heterocycles. The average molecular weight is 413 g/mol. The van der Waals surface area contributed by atoms with E-state index in [0.29, 0.717) is 26.7 Å². The SMILES string of the molecule is CS(=O)c1ccc(C2=C(c3ccc(Cl)c(Cl)c3)C(=O)C(C)(C)O2)cc1F. The maximum absolute atomic E-state index is 14.3. The lowest BCUT2D eigenvalue weighted by Gasteiger charge is -2.18. The number of hydrogen-bond acceptors (Lipinski definition) is 3. The number of benzene rings is 2. The van der Waals surface area contributed by atoms with Gasteiger partial charge in [-0.25, -0.2) is 4.39 Å². The van der Waals surface area contributed by atoms with Crippen molar-refractivity contribution in [3.63, 3.8) is 0 Å². The van der Waals surface area contributed by atoms with Crippen LogP contribution in [-0.2, 0) is 20.3 Å². The molecule has 7 heteroatoms. The molecule has 0 aliphatic carbocycles. The highest BCUT2D eigenvalue weighted by Crippen LogP contribution is 2.42. The van der Waals surface area contributed by atoms with Crippen LogP contribution in [0.4, 0.5) is 4.39 Å². The average Bonchev–Trinajstić information content (AvgIpc) is 2.80. The fourth-order valence-corrected chi connectivity index (χ4v) is 3.64. The number of halogens is 3. The van der Waals surface area contributed by atoms with Gasteiger partial charge >= 0.3 is 0 Å². The molecule has 3 nitrogen and oxygen atoms in total. The van der Waals surface area contributed by atoms with Gasteiger partial charge in [0.15, 0.2) is 5.60 Å². The first-order valence-corrected chi connectivity index (χ1v) is 10.00. The lowest BCUT2D eigenvalue weighted by molar-refractivity contribution is -0.125. The number of hydrogen-bond donors (Lipinski definition) is 0. The smallest absolute Gasteiger partial charge is 0.210 e. The van der Waals surface area contributed by atoms with Gasteiger partial charge in [-0.3, -0.25) is 9.00 Å². The first-order chi connectivity index (χ1) is 12.1. The van der Waals surface area contributed by atoms with Crippen molar-refractivity contribution in [2.75, 3.05) is 6.26 Å². The molecule has 26 heavy (non-hydrogen) atoms. The van der Waals surface area contributed by atoms with Crippen LogP contribution < -0.4 is 0 Å². The first kappa shape index (κ1) is 19.1. The fourth-order valence-electron chi connectivity index (χ4n) is 2.75. The van der Waals surface area contributed by atoms with Crippen LogP contribution in [0.15, 0.2) is 41.3 Å². The quantitative estimate of drug-likeness (QED) is 0.702. The molecule has 1 heterocycles. The molecule has 1 aliphatic heterocycles. The van der Waals surface area contributed by atoms with Crippen molar-refractivity contribution < 1.29 is 18.1 Å². The number of ether oxygens (including phenoxy) is 1. The van der Waals surface area contributed by atoms with Gasteiger partial charge in [-0.05, 0) is 49.7 Å². The van der Waals surface area contributed by atoms with Crippen LogP contribution in [0.3, 0.4) is 0 Å². The molecule has 0 fully saturated rings. The van der Waals surface area contributed by atoms with E-state index in [9.17, 15) is 13.4 Å². The highest BCUT2D eigenvalue weighted by molar-refractivity contribution is 7.84. The minimum Gasteiger partial charge on any atom is -0.478 e. The van der Waals surface area contributed by atoms with Crippen LogP contribution in [0.25, 0.3) is 11.3 Å². The van der Waals surface area contributed by atoms with E-state index in [1.54, 1.807) is 38.1 Å². The third-order valence-corrected chi connectivity index (χ3v) is 5.76. The van der Waals surface area contributed by atoms with Gasteiger partial charge in [0.2, 0.25) is 5.78 Å². The summed E-state index contributed by atoms with van der Waals surface area (Å²) < 4.78 is 31.7. The summed E-state index contributed by atoms with van der Waals surface area (Å²) in [5.74, 6) is -0.606. The second kappa shape index (κ2) is 6.80. The molecule has 1 aliphatic rings. The monoisotopic (exact) mass is 412 g/mol. The largest absolute Gasteiger partial charge is 0.478 e. The molecule has 2 aromatic carbocycles. The van der Waals surface area contributed by atoms with Crippen molar-refractivity contribution in [3.05, 3.63) is 63.4 Å². The summed E-state index contributed by atoms with van der Waals surface area (Å²) in [5.41, 5.74) is 0.128. The minimum atomic E-state index is -1.45. The molecule has 1 atom stereocenters. The number of carbonyl (C=O) groups is 1. The van der Waals surface area contributed by atoms with E-state index in [0.717, 1.165) is 0 Å². The maximum Gasteiger partial charge on any atom is 0.210 e. The summed E-state index contributed by atoms with van der Waals surface area (Å²) in [6.07, 6.45) is 1.40. The van der Waals surface area contributed by atoms with E-state index in [1.807, 2.05) is 0 Å². The fraction of sp³-hybridized carbons (Fsp3) is 0.211. The molecule has 0 N–H and O–H groups in total. The molecule has 2 aromatic rings. The maximum atomic E-state index is 14.3. The Labute approximate surface area is 163 Å². The lowest BCUT2D eigenvalue weighted by Crippen LogP contribution is -2.29. The van der Waals surface area contributed by atoms with Gasteiger partial charge in [0.1, 0.15) is 11.6 Å². The Morgan fingerprint density at radius 3 is 2.27 bits per heavy atom. The van der Waals surface area contributed by atoms with Crippen LogP contribution in [0, 0.1) is 5.82 Å². The van der Waals surface area contributed by atoms with Crippen molar-refractivity contribution in [2.24, 2.45) is 0 Å². The molecule has 0 spiro atoms. The predicted octanol–water partition coefficient (Wildman–Crippen LogP) is 5.12. The summed E-state index contributed by atoms with van der Waals surface area (Å²) in [7, 11) is -1.45. The second-order valence-corrected chi connectivity index (χ2v) is 8.54. The van der Waals surface area contributed by atoms with E-state index in [1.165, 1.54) is 18.4 Å². The molecule has 1 unspecified atom stereocenters. The van der Waals surface area contributed by atoms with Crippen LogP contribution in [-0.4, -0.2) is 21.8 Å². The van der Waals surface area contributed by atoms with Crippen molar-refractivity contribution in [3.8, 4) is 0 Å². The topological polar surface area (TPSA) is 43.4 Å². The van der Waals surface area contributed by atoms with Crippen molar-refractivity contribution >= 4 is 51.1 Å². The molecule has 0 amide bonds. The highest BCUT2D eigenvalue weighted by Gasteiger charge is 2.43. The molecule has 0 saturated carbocycles. The first-order valence-electron chi connectivity index (χ1n) is 7.68. The lowest BCUT2D eigenvalue weighted by atomic mass is 9.92. The van der Waals surface area contributed by atoms with Crippen LogP contribution >= 0.6 is 23.2 Å². The zero-order valence-corrected chi connectivity index (χ0v) is 16.6. The summed E-state index contributed by atoms with van der Waals surface area (Å²) >= 11 is 12.0. The number of ketones is 1. The Kier molecular flexibility index (Phi) is 4.99. The summed E-state index contributed by atoms with van der Waals surface area (Å²) in [4.78, 5) is 13.0. The molecular formula is C19H15Cl2FO3S. The zero-order valence-electron chi connectivity index (χ0n) is 14.2. The van der Waals surface area contributed by atoms with E-state index >= 15 is 0 Å². The van der Waals surface area contributed by atoms with Gasteiger partial charge in [-0.15, -0.1) is 0 Å². The van der Waals surface area contributed by atoms with E-state index in [4.69, 9.17) is 27.9 Å². The molecule has 0 aromatic heterocycles. The normalized spacial score (nSPS) is 17.4. The number of carbonyl (C=O) groups excluding carboxylic acids is 1. The van der Waals surface area contributed by atoms with E-state index in [-0.39, 0.29) is 16.4 Å². The second-order valence-electron chi connectivity index (χ2n) is 6.37. The van der Waals surface area contributed by atoms with Crippen LogP contribution in [0.1, 0.15) is 25.0 Å². The van der Waals surface area contributed by atoms with Gasteiger partial charge in [0, 0.05) is 11.8 Å². The molecule has 3 rings (SSSR count). The van der Waals surface area contributed by atoms with Gasteiger partial charge in [-0.2, -0.15) is 0 Å². The van der Waals surface area contributed by atoms with Gasteiger partial charge in [0.05, 0.1) is 31.3 Å². The summed E-state index contributed by atoms with van der Waals surface area (Å²) in [6.45, 7) is 3.29. The van der Waals surface area contributed by atoms with Crippen molar-refractivity contribution in [2.45, 2.75) is 24.3 Å². The Hall–Kier alpha value is -1.69. The van der Waals surface area contributed by atoms with Crippen molar-refractivity contribution in [1.82, 2.24) is 0 Å². The van der Waals surface area contributed by atoms with Crippen LogP contribution in [0.2, 0.25) is 10.0 Å².